The van der Waals surface area contributed by atoms with Gasteiger partial charge in [0.05, 0.1) is 0 Å². The molecule has 0 radical (unpaired) electrons. The van der Waals surface area contributed by atoms with Crippen LogP contribution >= 0.6 is 24.4 Å². The van der Waals surface area contributed by atoms with E-state index in [0.717, 1.165) is 60.2 Å². The highest BCUT2D eigenvalue weighted by Gasteiger charge is 2.26. The topological polar surface area (TPSA) is 51.2 Å². The van der Waals surface area contributed by atoms with Gasteiger partial charge >= 0.3 is 0 Å². The van der Waals surface area contributed by atoms with Crippen LogP contribution in [0.5, 0.6) is 0 Å². The largest absolute Gasteiger partial charge is 1.00 e. The fraction of sp³-hybridized carbons (Fsp3) is 0.917. The number of nitrogens with two attached hydrogens (primary N) is 2. The van der Waals surface area contributed by atoms with E-state index >= 15 is 0 Å². The van der Waals surface area contributed by atoms with Gasteiger partial charge < -0.3 is 12.4 Å². The van der Waals surface area contributed by atoms with Crippen molar-refractivity contribution in [2.75, 3.05) is 11.5 Å². The third-order valence-corrected chi connectivity index (χ3v) is 8.68. The zero-order chi connectivity index (χ0) is 20.8. The maximum atomic E-state index is 6.14. The Hall–Kier alpha value is 0.330. The Morgan fingerprint density at radius 1 is 0.724 bits per heavy atom. The number of rotatable bonds is 14. The molecule has 5 heteroatoms. The maximum absolute atomic E-state index is 6.14. The third kappa shape index (κ3) is 14.1. The van der Waals surface area contributed by atoms with Crippen molar-refractivity contribution in [3.63, 3.8) is 0 Å². The highest BCUT2D eigenvalue weighted by atomic mass is 35.5. The molecule has 172 valence electrons. The molecule has 0 bridgehead atoms. The van der Waals surface area contributed by atoms with Crippen LogP contribution in [-0.2, 0) is 0 Å². The van der Waals surface area contributed by atoms with Crippen molar-refractivity contribution in [2.24, 2.45) is 17.8 Å². The number of thiol groups is 1. The summed E-state index contributed by atoms with van der Waals surface area (Å²) in [5, 5.41) is 13.1. The Kier molecular flexibility index (Phi) is 18.2. The summed E-state index contributed by atoms with van der Waals surface area (Å²) >= 11 is 6.38. The molecule has 0 aromatic heterocycles. The summed E-state index contributed by atoms with van der Waals surface area (Å²) in [6.07, 6.45) is 16.1. The minimum Gasteiger partial charge on any atom is -1.00 e. The van der Waals surface area contributed by atoms with Gasteiger partial charge in [-0.15, -0.1) is 0 Å². The van der Waals surface area contributed by atoms with E-state index in [2.05, 4.69) is 45.2 Å². The predicted octanol–water partition coefficient (Wildman–Crippen LogP) is 1.42. The van der Waals surface area contributed by atoms with E-state index < -0.39 is 0 Å². The van der Waals surface area contributed by atoms with Gasteiger partial charge in [0.2, 0.25) is 0 Å². The highest BCUT2D eigenvalue weighted by Crippen LogP contribution is 2.37. The molecule has 4 unspecified atom stereocenters. The molecule has 2 rings (SSSR count). The lowest BCUT2D eigenvalue weighted by Crippen LogP contribution is -3.00. The standard InChI is InChI=1S/C18H34N2S2.C6H12.ClH/c1-15-11-12-18(15)22-14-6-10-17(20)8-3-2-7-16(19)9-4-5-13-21;1-5-3-4-6(5)2;/h15,18-21H,2-14H2,1H3;5-6H,3-4H2,1-2H3;1H/p+1. The Bertz CT molecular complexity index is 437. The molecule has 4 N–H and O–H groups in total. The number of halogens is 1. The van der Waals surface area contributed by atoms with Crippen LogP contribution in [0.15, 0.2) is 0 Å². The van der Waals surface area contributed by atoms with Gasteiger partial charge in [0.15, 0.2) is 0 Å². The maximum Gasteiger partial charge on any atom is 0.149 e. The Balaban J connectivity index is 0.000000953. The van der Waals surface area contributed by atoms with Crippen LogP contribution in [0.25, 0.3) is 0 Å². The van der Waals surface area contributed by atoms with Gasteiger partial charge in [0, 0.05) is 30.9 Å². The summed E-state index contributed by atoms with van der Waals surface area (Å²) in [6.45, 7) is 7.03. The molecule has 2 nitrogen and oxygen atoms in total. The van der Waals surface area contributed by atoms with Crippen LogP contribution < -0.4 is 23.2 Å². The van der Waals surface area contributed by atoms with Gasteiger partial charge in [0.1, 0.15) is 11.4 Å². The van der Waals surface area contributed by atoms with Crippen LogP contribution in [0.3, 0.4) is 0 Å². The van der Waals surface area contributed by atoms with E-state index in [1.54, 1.807) is 0 Å². The van der Waals surface area contributed by atoms with Gasteiger partial charge in [-0.3, -0.25) is 10.8 Å². The van der Waals surface area contributed by atoms with Crippen molar-refractivity contribution >= 4 is 35.8 Å². The van der Waals surface area contributed by atoms with Crippen molar-refractivity contribution in [2.45, 2.75) is 109 Å². The van der Waals surface area contributed by atoms with Crippen molar-refractivity contribution in [1.82, 2.24) is 0 Å². The zero-order valence-corrected chi connectivity index (χ0v) is 21.8. The van der Waals surface area contributed by atoms with Crippen LogP contribution in [0.2, 0.25) is 0 Å². The van der Waals surface area contributed by atoms with E-state index in [-0.39, 0.29) is 12.4 Å². The van der Waals surface area contributed by atoms with Crippen molar-refractivity contribution in [3.05, 3.63) is 0 Å². The summed E-state index contributed by atoms with van der Waals surface area (Å²) in [5.74, 6) is 5.26. The van der Waals surface area contributed by atoms with Crippen LogP contribution in [0.4, 0.5) is 0 Å². The van der Waals surface area contributed by atoms with E-state index in [1.807, 2.05) is 0 Å². The summed E-state index contributed by atoms with van der Waals surface area (Å²) in [6, 6.07) is 0. The zero-order valence-electron chi connectivity index (χ0n) is 19.3. The molecule has 0 amide bonds. The quantitative estimate of drug-likeness (QED) is 0.203. The van der Waals surface area contributed by atoms with Gasteiger partial charge in [-0.1, -0.05) is 33.6 Å². The lowest BCUT2D eigenvalue weighted by Gasteiger charge is -2.33. The van der Waals surface area contributed by atoms with Gasteiger partial charge in [0.25, 0.3) is 0 Å². The molecule has 0 aliphatic heterocycles. The summed E-state index contributed by atoms with van der Waals surface area (Å²) in [5.41, 5.74) is 2.35. The molecule has 2 aliphatic carbocycles. The fourth-order valence-corrected chi connectivity index (χ4v) is 5.27. The summed E-state index contributed by atoms with van der Waals surface area (Å²) < 4.78 is 0. The average Bonchev–Trinajstić information content (AvgIpc) is 2.69. The number of hydrogen-bond acceptors (Lipinski definition) is 2. The summed E-state index contributed by atoms with van der Waals surface area (Å²) in [4.78, 5) is 0. The van der Waals surface area contributed by atoms with Crippen LogP contribution in [0.1, 0.15) is 104 Å². The SMILES string of the molecule is CC1CCC1C.CC1CCC1SCCCC(=[NH2+])CCCCC(=[NH2+])CCCCS.[Cl-]. The van der Waals surface area contributed by atoms with Gasteiger partial charge in [-0.05, 0) is 74.2 Å². The van der Waals surface area contributed by atoms with Gasteiger partial charge in [-0.2, -0.15) is 24.4 Å². The minimum absolute atomic E-state index is 0. The van der Waals surface area contributed by atoms with Crippen molar-refractivity contribution < 1.29 is 23.2 Å². The Morgan fingerprint density at radius 2 is 1.17 bits per heavy atom. The second-order valence-electron chi connectivity index (χ2n) is 9.30. The van der Waals surface area contributed by atoms with E-state index in [1.165, 1.54) is 69.3 Å². The molecule has 2 saturated carbocycles. The first kappa shape index (κ1) is 29.3. The van der Waals surface area contributed by atoms with Crippen molar-refractivity contribution in [3.8, 4) is 0 Å². The molecule has 2 aliphatic rings. The molecule has 0 aromatic rings. The van der Waals surface area contributed by atoms with E-state index in [4.69, 9.17) is 10.8 Å². The average molecular weight is 464 g/mol. The second-order valence-corrected chi connectivity index (χ2v) is 11.1. The van der Waals surface area contributed by atoms with Crippen LogP contribution in [-0.4, -0.2) is 28.2 Å². The fourth-order valence-electron chi connectivity index (χ4n) is 3.67. The van der Waals surface area contributed by atoms with Crippen molar-refractivity contribution in [1.29, 1.82) is 0 Å². The smallest absolute Gasteiger partial charge is 0.149 e. The second kappa shape index (κ2) is 18.0. The molecule has 0 spiro atoms. The molecular formula is C24H48ClN2S2+. The molecular weight excluding hydrogens is 416 g/mol. The first-order chi connectivity index (χ1) is 13.4. The lowest BCUT2D eigenvalue weighted by molar-refractivity contribution is -0.121. The van der Waals surface area contributed by atoms with E-state index in [0.29, 0.717) is 0 Å². The molecule has 29 heavy (non-hydrogen) atoms. The molecule has 0 aromatic carbocycles. The molecule has 0 heterocycles. The number of thioether (sulfide) groups is 1. The Labute approximate surface area is 197 Å². The molecule has 0 saturated heterocycles. The molecule has 4 atom stereocenters. The summed E-state index contributed by atoms with van der Waals surface area (Å²) in [7, 11) is 0. The van der Waals surface area contributed by atoms with Gasteiger partial charge in [-0.25, -0.2) is 0 Å². The van der Waals surface area contributed by atoms with Crippen LogP contribution in [0, 0.1) is 17.8 Å². The lowest BCUT2D eigenvalue weighted by atomic mass is 9.77. The first-order valence-corrected chi connectivity index (χ1v) is 13.5. The number of hydrogen-bond donors (Lipinski definition) is 3. The predicted molar refractivity (Wildman–Crippen MR) is 131 cm³/mol. The first-order valence-electron chi connectivity index (χ1n) is 11.9. The number of unbranched alkanes of at least 4 members (excludes halogenated alkanes) is 2. The molecule has 2 fully saturated rings. The minimum atomic E-state index is 0. The normalized spacial score (nSPS) is 25.0. The van der Waals surface area contributed by atoms with E-state index in [9.17, 15) is 0 Å². The third-order valence-electron chi connectivity index (χ3n) is 6.72. The highest BCUT2D eigenvalue weighted by molar-refractivity contribution is 7.99. The monoisotopic (exact) mass is 463 g/mol. The Morgan fingerprint density at radius 3 is 1.52 bits per heavy atom.